The Morgan fingerprint density at radius 1 is 1.03 bits per heavy atom. The van der Waals surface area contributed by atoms with E-state index in [0.29, 0.717) is 22.0 Å². The SMILES string of the molecule is CC[C@@H](C)NC(=O)[C@H](CC)N(Cc1ccc(Cl)cc1Cl)C(=O)CN(C)S(=O)(=O)c1ccc(C)cc1. The minimum Gasteiger partial charge on any atom is -0.352 e. The van der Waals surface area contributed by atoms with Crippen LogP contribution < -0.4 is 5.32 Å². The van der Waals surface area contributed by atoms with E-state index < -0.39 is 28.5 Å². The van der Waals surface area contributed by atoms with Crippen molar-refractivity contribution in [2.45, 2.75) is 64.1 Å². The van der Waals surface area contributed by atoms with Crippen LogP contribution in [0.3, 0.4) is 0 Å². The number of amides is 2. The summed E-state index contributed by atoms with van der Waals surface area (Å²) in [6.45, 7) is 7.09. The Balaban J connectivity index is 2.37. The highest BCUT2D eigenvalue weighted by molar-refractivity contribution is 7.89. The number of benzene rings is 2. The molecule has 0 bridgehead atoms. The third kappa shape index (κ3) is 7.67. The summed E-state index contributed by atoms with van der Waals surface area (Å²) in [7, 11) is -2.56. The Morgan fingerprint density at radius 3 is 2.20 bits per heavy atom. The van der Waals surface area contributed by atoms with Gasteiger partial charge in [-0.05, 0) is 56.5 Å². The maximum atomic E-state index is 13.5. The van der Waals surface area contributed by atoms with Crippen LogP contribution in [0.15, 0.2) is 47.4 Å². The number of carbonyl (C=O) groups is 2. The average molecular weight is 543 g/mol. The van der Waals surface area contributed by atoms with Gasteiger partial charge in [-0.2, -0.15) is 4.31 Å². The summed E-state index contributed by atoms with van der Waals surface area (Å²) in [5, 5.41) is 3.72. The highest BCUT2D eigenvalue weighted by Gasteiger charge is 2.32. The number of halogens is 2. The Morgan fingerprint density at radius 2 is 1.66 bits per heavy atom. The molecule has 35 heavy (non-hydrogen) atoms. The molecule has 2 amide bonds. The zero-order chi connectivity index (χ0) is 26.3. The van der Waals surface area contributed by atoms with Gasteiger partial charge in [0.25, 0.3) is 0 Å². The van der Waals surface area contributed by atoms with Crippen LogP contribution in [-0.2, 0) is 26.2 Å². The van der Waals surface area contributed by atoms with Gasteiger partial charge in [0.1, 0.15) is 6.04 Å². The summed E-state index contributed by atoms with van der Waals surface area (Å²) in [5.74, 6) is -0.815. The molecule has 2 atom stereocenters. The van der Waals surface area contributed by atoms with E-state index in [4.69, 9.17) is 23.2 Å². The molecule has 0 aliphatic carbocycles. The van der Waals surface area contributed by atoms with Gasteiger partial charge in [0.05, 0.1) is 11.4 Å². The molecule has 2 aromatic carbocycles. The zero-order valence-corrected chi connectivity index (χ0v) is 23.0. The summed E-state index contributed by atoms with van der Waals surface area (Å²) in [6.07, 6.45) is 1.07. The van der Waals surface area contributed by atoms with Gasteiger partial charge in [-0.25, -0.2) is 8.42 Å². The van der Waals surface area contributed by atoms with Gasteiger partial charge in [-0.3, -0.25) is 9.59 Å². The van der Waals surface area contributed by atoms with Gasteiger partial charge in [0.2, 0.25) is 21.8 Å². The van der Waals surface area contributed by atoms with Gasteiger partial charge in [0, 0.05) is 29.7 Å². The summed E-state index contributed by atoms with van der Waals surface area (Å²) in [4.78, 5) is 28.0. The molecule has 0 saturated heterocycles. The molecule has 0 aliphatic rings. The molecule has 0 heterocycles. The number of nitrogens with one attached hydrogen (secondary N) is 1. The molecule has 2 rings (SSSR count). The van der Waals surface area contributed by atoms with Crippen molar-refractivity contribution in [1.82, 2.24) is 14.5 Å². The van der Waals surface area contributed by atoms with E-state index in [9.17, 15) is 18.0 Å². The van der Waals surface area contributed by atoms with Crippen LogP contribution in [0.25, 0.3) is 0 Å². The lowest BCUT2D eigenvalue weighted by atomic mass is 10.1. The predicted molar refractivity (Wildman–Crippen MR) is 140 cm³/mol. The first kappa shape index (κ1) is 29.1. The minimum atomic E-state index is -3.90. The molecule has 1 N–H and O–H groups in total. The number of hydrogen-bond donors (Lipinski definition) is 1. The maximum Gasteiger partial charge on any atom is 0.243 e. The number of rotatable bonds is 11. The Kier molecular flexibility index (Phi) is 10.6. The van der Waals surface area contributed by atoms with Crippen molar-refractivity contribution in [2.24, 2.45) is 0 Å². The average Bonchev–Trinajstić information content (AvgIpc) is 2.80. The first-order chi connectivity index (χ1) is 16.4. The number of sulfonamides is 1. The Hall–Kier alpha value is -2.13. The summed E-state index contributed by atoms with van der Waals surface area (Å²) >= 11 is 12.4. The van der Waals surface area contributed by atoms with E-state index in [1.807, 2.05) is 20.8 Å². The summed E-state index contributed by atoms with van der Waals surface area (Å²) in [5.41, 5.74) is 1.52. The maximum absolute atomic E-state index is 13.5. The van der Waals surface area contributed by atoms with Crippen LogP contribution in [0.2, 0.25) is 10.0 Å². The normalized spacial score (nSPS) is 13.4. The lowest BCUT2D eigenvalue weighted by Crippen LogP contribution is -2.53. The number of carbonyl (C=O) groups excluding carboxylic acids is 2. The predicted octanol–water partition coefficient (Wildman–Crippen LogP) is 4.64. The third-order valence-corrected chi connectivity index (χ3v) is 8.23. The molecule has 0 aliphatic heterocycles. The smallest absolute Gasteiger partial charge is 0.243 e. The molecule has 0 unspecified atom stereocenters. The van der Waals surface area contributed by atoms with E-state index in [2.05, 4.69) is 5.32 Å². The van der Waals surface area contributed by atoms with Crippen molar-refractivity contribution in [2.75, 3.05) is 13.6 Å². The van der Waals surface area contributed by atoms with Gasteiger partial charge in [0.15, 0.2) is 0 Å². The van der Waals surface area contributed by atoms with Gasteiger partial charge < -0.3 is 10.2 Å². The van der Waals surface area contributed by atoms with Crippen molar-refractivity contribution in [3.05, 3.63) is 63.6 Å². The molecule has 7 nitrogen and oxygen atoms in total. The minimum absolute atomic E-state index is 0.0275. The van der Waals surface area contributed by atoms with Crippen LogP contribution in [0.5, 0.6) is 0 Å². The molecule has 0 saturated carbocycles. The Labute approximate surface area is 218 Å². The van der Waals surface area contributed by atoms with Gasteiger partial charge >= 0.3 is 0 Å². The molecule has 0 aromatic heterocycles. The van der Waals surface area contributed by atoms with E-state index in [-0.39, 0.29) is 23.4 Å². The first-order valence-electron chi connectivity index (χ1n) is 11.5. The lowest BCUT2D eigenvalue weighted by molar-refractivity contribution is -0.141. The van der Waals surface area contributed by atoms with Crippen LogP contribution >= 0.6 is 23.2 Å². The van der Waals surface area contributed by atoms with Crippen LogP contribution in [-0.4, -0.2) is 55.1 Å². The molecular weight excluding hydrogens is 509 g/mol. The fourth-order valence-corrected chi connectivity index (χ4v) is 5.04. The van der Waals surface area contributed by atoms with E-state index in [1.165, 1.54) is 24.1 Å². The lowest BCUT2D eigenvalue weighted by Gasteiger charge is -2.32. The zero-order valence-electron chi connectivity index (χ0n) is 20.7. The monoisotopic (exact) mass is 541 g/mol. The number of nitrogens with zero attached hydrogens (tertiary/aromatic N) is 2. The quantitative estimate of drug-likeness (QED) is 0.448. The fourth-order valence-electron chi connectivity index (χ4n) is 3.45. The topological polar surface area (TPSA) is 86.8 Å². The second-order valence-corrected chi connectivity index (χ2v) is 11.5. The molecule has 192 valence electrons. The highest BCUT2D eigenvalue weighted by atomic mass is 35.5. The largest absolute Gasteiger partial charge is 0.352 e. The summed E-state index contributed by atoms with van der Waals surface area (Å²) < 4.78 is 27.1. The van der Waals surface area contributed by atoms with Crippen LogP contribution in [0.1, 0.15) is 44.7 Å². The molecule has 0 fully saturated rings. The van der Waals surface area contributed by atoms with Gasteiger partial charge in [-0.15, -0.1) is 0 Å². The fraction of sp³-hybridized carbons (Fsp3) is 0.440. The molecular formula is C25H33Cl2N3O4S. The van der Waals surface area contributed by atoms with Crippen LogP contribution in [0, 0.1) is 6.92 Å². The highest BCUT2D eigenvalue weighted by Crippen LogP contribution is 2.24. The van der Waals surface area contributed by atoms with Crippen LogP contribution in [0.4, 0.5) is 0 Å². The van der Waals surface area contributed by atoms with Gasteiger partial charge in [-0.1, -0.05) is 60.8 Å². The molecule has 0 radical (unpaired) electrons. The molecule has 10 heteroatoms. The summed E-state index contributed by atoms with van der Waals surface area (Å²) in [6, 6.07) is 10.4. The van der Waals surface area contributed by atoms with Crippen molar-refractivity contribution in [1.29, 1.82) is 0 Å². The second kappa shape index (κ2) is 12.7. The standard InChI is InChI=1S/C25H33Cl2N3O4S/c1-6-18(4)28-25(32)23(7-2)30(15-19-10-11-20(26)14-22(19)27)24(31)16-29(5)35(33,34)21-12-8-17(3)9-13-21/h8-14,18,23H,6-7,15-16H2,1-5H3,(H,28,32)/t18-,23+/m1/s1. The first-order valence-corrected chi connectivity index (χ1v) is 13.7. The van der Waals surface area contributed by atoms with Crippen molar-refractivity contribution in [3.63, 3.8) is 0 Å². The molecule has 0 spiro atoms. The Bertz CT molecular complexity index is 1140. The van der Waals surface area contributed by atoms with E-state index in [1.54, 1.807) is 37.3 Å². The number of aryl methyl sites for hydroxylation is 1. The van der Waals surface area contributed by atoms with E-state index >= 15 is 0 Å². The van der Waals surface area contributed by atoms with Crippen molar-refractivity contribution in [3.8, 4) is 0 Å². The number of likely N-dealkylation sites (N-methyl/N-ethyl adjacent to an activating group) is 1. The second-order valence-electron chi connectivity index (χ2n) is 8.57. The van der Waals surface area contributed by atoms with Crippen molar-refractivity contribution < 1.29 is 18.0 Å². The third-order valence-electron chi connectivity index (χ3n) is 5.83. The molecule has 2 aromatic rings. The number of hydrogen-bond acceptors (Lipinski definition) is 4. The van der Waals surface area contributed by atoms with Crippen molar-refractivity contribution >= 4 is 45.0 Å². The van der Waals surface area contributed by atoms with E-state index in [0.717, 1.165) is 16.3 Å².